The second-order valence-electron chi connectivity index (χ2n) is 15.8. The molecule has 0 bridgehead atoms. The van der Waals surface area contributed by atoms with Crippen molar-refractivity contribution in [3.8, 4) is 0 Å². The molecule has 0 heterocycles. The van der Waals surface area contributed by atoms with Crippen LogP contribution in [-0.2, 0) is 28.6 Å². The van der Waals surface area contributed by atoms with Crippen molar-refractivity contribution in [1.29, 1.82) is 0 Å². The van der Waals surface area contributed by atoms with Gasteiger partial charge in [-0.2, -0.15) is 0 Å². The van der Waals surface area contributed by atoms with E-state index in [1.165, 1.54) is 30.5 Å². The normalized spacial score (nSPS) is 36.0. The van der Waals surface area contributed by atoms with Gasteiger partial charge in [0.05, 0.1) is 0 Å². The number of rotatable bonds is 8. The Morgan fingerprint density at radius 2 is 1.38 bits per heavy atom. The Balaban J connectivity index is 1.33. The van der Waals surface area contributed by atoms with Gasteiger partial charge >= 0.3 is 17.9 Å². The van der Waals surface area contributed by atoms with Crippen LogP contribution in [0.2, 0.25) is 0 Å². The second kappa shape index (κ2) is 13.8. The monoisotopic (exact) mass is 654 g/mol. The number of fused-ring (bicyclic) bond motifs is 5. The minimum absolute atomic E-state index is 0.00952. The molecule has 0 saturated heterocycles. The number of ether oxygens (including phenoxy) is 3. The van der Waals surface area contributed by atoms with E-state index in [2.05, 4.69) is 87.5 Å². The van der Waals surface area contributed by atoms with Crippen molar-refractivity contribution >= 4 is 23.5 Å². The molecule has 0 spiro atoms. The van der Waals surface area contributed by atoms with Crippen LogP contribution in [0.1, 0.15) is 104 Å². The summed E-state index contributed by atoms with van der Waals surface area (Å²) >= 11 is 0. The first-order valence-electron chi connectivity index (χ1n) is 18.2. The molecule has 6 rings (SSSR count). The molecule has 4 fully saturated rings. The second-order valence-corrected chi connectivity index (χ2v) is 15.8. The summed E-state index contributed by atoms with van der Waals surface area (Å²) in [5.74, 6) is 0.994. The molecule has 6 heteroatoms. The maximum absolute atomic E-state index is 12.8. The SMILES string of the molecule is CC(=O)OC1C[C@H]2[C@@H]([C@H](OC(C)=O)C[C@@H]3C[C@H](OC(C)=O)CC[C@@]32C)[C@@H]2CC[C@H]([C@H](C)CC=C(c3ccccc3)c3ccccc3)[C@@]12C. The summed E-state index contributed by atoms with van der Waals surface area (Å²) in [5, 5.41) is 0. The molecule has 258 valence electrons. The van der Waals surface area contributed by atoms with E-state index in [0.717, 1.165) is 51.4 Å². The van der Waals surface area contributed by atoms with Crippen LogP contribution in [-0.4, -0.2) is 36.2 Å². The average molecular weight is 655 g/mol. The number of hydrogen-bond donors (Lipinski definition) is 0. The van der Waals surface area contributed by atoms with Gasteiger partial charge in [0.2, 0.25) is 0 Å². The minimum Gasteiger partial charge on any atom is -0.463 e. The summed E-state index contributed by atoms with van der Waals surface area (Å²) in [6.45, 7) is 11.7. The Morgan fingerprint density at radius 3 is 1.96 bits per heavy atom. The number of carbonyl (C=O) groups excluding carboxylic acids is 3. The topological polar surface area (TPSA) is 78.9 Å². The van der Waals surface area contributed by atoms with Crippen molar-refractivity contribution in [3.63, 3.8) is 0 Å². The van der Waals surface area contributed by atoms with E-state index in [1.807, 2.05) is 0 Å². The van der Waals surface area contributed by atoms with E-state index in [4.69, 9.17) is 14.2 Å². The molecule has 48 heavy (non-hydrogen) atoms. The number of allylic oxidation sites excluding steroid dienone is 1. The third-order valence-corrected chi connectivity index (χ3v) is 13.3. The summed E-state index contributed by atoms with van der Waals surface area (Å²) in [6, 6.07) is 21.2. The van der Waals surface area contributed by atoms with Gasteiger partial charge in [-0.3, -0.25) is 14.4 Å². The Bertz CT molecular complexity index is 1460. The Kier molecular flexibility index (Phi) is 9.93. The van der Waals surface area contributed by atoms with Gasteiger partial charge in [0, 0.05) is 32.1 Å². The lowest BCUT2D eigenvalue weighted by Crippen LogP contribution is -2.63. The summed E-state index contributed by atoms with van der Waals surface area (Å²) in [7, 11) is 0. The maximum Gasteiger partial charge on any atom is 0.302 e. The fraction of sp³-hybridized carbons (Fsp3) is 0.595. The Labute approximate surface area is 287 Å². The van der Waals surface area contributed by atoms with Gasteiger partial charge in [-0.05, 0) is 103 Å². The highest BCUT2D eigenvalue weighted by Gasteiger charge is 2.67. The lowest BCUT2D eigenvalue weighted by molar-refractivity contribution is -0.224. The van der Waals surface area contributed by atoms with Crippen molar-refractivity contribution in [2.24, 2.45) is 46.3 Å². The summed E-state index contributed by atoms with van der Waals surface area (Å²) in [4.78, 5) is 37.2. The van der Waals surface area contributed by atoms with E-state index < -0.39 is 0 Å². The van der Waals surface area contributed by atoms with E-state index in [9.17, 15) is 14.4 Å². The lowest BCUT2D eigenvalue weighted by Gasteiger charge is -2.64. The zero-order valence-corrected chi connectivity index (χ0v) is 29.7. The van der Waals surface area contributed by atoms with Gasteiger partial charge in [-0.1, -0.05) is 87.5 Å². The molecule has 4 aliphatic carbocycles. The molecule has 0 N–H and O–H groups in total. The first-order valence-corrected chi connectivity index (χ1v) is 18.2. The number of benzene rings is 2. The van der Waals surface area contributed by atoms with Crippen molar-refractivity contribution in [1.82, 2.24) is 0 Å². The largest absolute Gasteiger partial charge is 0.463 e. The highest BCUT2D eigenvalue weighted by Crippen LogP contribution is 2.69. The van der Waals surface area contributed by atoms with Gasteiger partial charge in [-0.25, -0.2) is 0 Å². The number of carbonyl (C=O) groups is 3. The molecule has 0 aromatic heterocycles. The highest BCUT2D eigenvalue weighted by molar-refractivity contribution is 5.79. The third-order valence-electron chi connectivity index (χ3n) is 13.3. The van der Waals surface area contributed by atoms with Crippen LogP contribution < -0.4 is 0 Å². The van der Waals surface area contributed by atoms with Gasteiger partial charge in [-0.15, -0.1) is 0 Å². The molecule has 6 nitrogen and oxygen atoms in total. The van der Waals surface area contributed by atoms with Crippen LogP contribution in [0.5, 0.6) is 0 Å². The van der Waals surface area contributed by atoms with Gasteiger partial charge in [0.25, 0.3) is 0 Å². The number of hydrogen-bond acceptors (Lipinski definition) is 6. The molecule has 0 radical (unpaired) electrons. The molecule has 11 atom stereocenters. The van der Waals surface area contributed by atoms with Crippen LogP contribution in [0.4, 0.5) is 0 Å². The molecule has 4 saturated carbocycles. The highest BCUT2D eigenvalue weighted by atomic mass is 16.6. The van der Waals surface area contributed by atoms with Crippen LogP contribution in [0.25, 0.3) is 5.57 Å². The molecule has 2 aromatic rings. The molecule has 0 aliphatic heterocycles. The quantitative estimate of drug-likeness (QED) is 0.209. The first-order chi connectivity index (χ1) is 22.9. The van der Waals surface area contributed by atoms with Crippen LogP contribution in [0, 0.1) is 46.3 Å². The van der Waals surface area contributed by atoms with Gasteiger partial charge in [0.15, 0.2) is 0 Å². The predicted octanol–water partition coefficient (Wildman–Crippen LogP) is 8.82. The van der Waals surface area contributed by atoms with Crippen LogP contribution >= 0.6 is 0 Å². The third kappa shape index (κ3) is 6.48. The van der Waals surface area contributed by atoms with Crippen molar-refractivity contribution in [3.05, 3.63) is 77.9 Å². The van der Waals surface area contributed by atoms with Crippen molar-refractivity contribution in [2.45, 2.75) is 111 Å². The fourth-order valence-electron chi connectivity index (χ4n) is 11.2. The standard InChI is InChI=1S/C42H54O6/c1-26(17-18-34(30-13-9-7-10-14-30)31-15-11-8-12-16-31)35-19-20-36-40-37(25-39(42(35,36)6)48-29(4)45)41(5)22-21-33(46-27(2)43)23-32(41)24-38(40)47-28(3)44/h7-16,18,26,32-33,35-40H,17,19-25H2,1-6H3/t26-,32+,33-,35-,36+,37+,38-,39?,40+,41+,42-/m1/s1. The molecule has 4 aliphatic rings. The lowest BCUT2D eigenvalue weighted by atomic mass is 9.43. The van der Waals surface area contributed by atoms with E-state index in [0.29, 0.717) is 11.8 Å². The smallest absolute Gasteiger partial charge is 0.302 e. The Hall–Kier alpha value is -3.41. The summed E-state index contributed by atoms with van der Waals surface area (Å²) < 4.78 is 18.3. The van der Waals surface area contributed by atoms with Crippen LogP contribution in [0.3, 0.4) is 0 Å². The van der Waals surface area contributed by atoms with Crippen LogP contribution in [0.15, 0.2) is 66.7 Å². The minimum atomic E-state index is -0.240. The Morgan fingerprint density at radius 1 is 0.771 bits per heavy atom. The van der Waals surface area contributed by atoms with Gasteiger partial charge in [0.1, 0.15) is 18.3 Å². The molecular weight excluding hydrogens is 600 g/mol. The maximum atomic E-state index is 12.8. The molecule has 1 unspecified atom stereocenters. The molecule has 0 amide bonds. The van der Waals surface area contributed by atoms with E-state index in [1.54, 1.807) is 6.92 Å². The van der Waals surface area contributed by atoms with Crippen molar-refractivity contribution < 1.29 is 28.6 Å². The fourth-order valence-corrected chi connectivity index (χ4v) is 11.2. The average Bonchev–Trinajstić information content (AvgIpc) is 3.40. The zero-order chi connectivity index (χ0) is 34.2. The summed E-state index contributed by atoms with van der Waals surface area (Å²) in [6.07, 6.45) is 9.06. The van der Waals surface area contributed by atoms with E-state index >= 15 is 0 Å². The van der Waals surface area contributed by atoms with Crippen molar-refractivity contribution in [2.75, 3.05) is 0 Å². The zero-order valence-electron chi connectivity index (χ0n) is 29.7. The summed E-state index contributed by atoms with van der Waals surface area (Å²) in [5.41, 5.74) is 3.42. The van der Waals surface area contributed by atoms with E-state index in [-0.39, 0.29) is 70.7 Å². The molecule has 2 aromatic carbocycles. The number of esters is 3. The first kappa shape index (κ1) is 34.5. The predicted molar refractivity (Wildman–Crippen MR) is 186 cm³/mol. The van der Waals surface area contributed by atoms with Gasteiger partial charge < -0.3 is 14.2 Å². The molecular formula is C42H54O6.